The normalized spacial score (nSPS) is 17.3. The smallest absolute Gasteiger partial charge is 0.308 e. The van der Waals surface area contributed by atoms with Crippen molar-refractivity contribution in [2.45, 2.75) is 50.6 Å². The maximum atomic E-state index is 12.5. The molecule has 1 aliphatic rings. The van der Waals surface area contributed by atoms with Crippen LogP contribution in [0.3, 0.4) is 0 Å². The second-order valence-corrected chi connectivity index (χ2v) is 9.01. The maximum absolute atomic E-state index is 12.5. The quantitative estimate of drug-likeness (QED) is 0.660. The highest BCUT2D eigenvalue weighted by molar-refractivity contribution is 7.89. The Kier molecular flexibility index (Phi) is 7.56. The zero-order valence-corrected chi connectivity index (χ0v) is 17.6. The van der Waals surface area contributed by atoms with Gasteiger partial charge in [0.15, 0.2) is 0 Å². The number of hydrogen-bond donors (Lipinski definition) is 2. The van der Waals surface area contributed by atoms with Gasteiger partial charge in [0.25, 0.3) is 0 Å². The molecule has 2 rings (SSSR count). The molecule has 0 spiro atoms. The van der Waals surface area contributed by atoms with E-state index in [4.69, 9.17) is 4.74 Å². The summed E-state index contributed by atoms with van der Waals surface area (Å²) in [4.78, 5) is 26.3. The van der Waals surface area contributed by atoms with Gasteiger partial charge in [0.05, 0.1) is 24.0 Å². The number of carbonyl (C=O) groups is 2. The molecule has 8 nitrogen and oxygen atoms in total. The van der Waals surface area contributed by atoms with Crippen LogP contribution in [-0.4, -0.2) is 57.5 Å². The largest absolute Gasteiger partial charge is 0.469 e. The molecule has 0 unspecified atom stereocenters. The summed E-state index contributed by atoms with van der Waals surface area (Å²) in [7, 11) is -2.17. The highest BCUT2D eigenvalue weighted by Crippen LogP contribution is 2.21. The molecule has 0 saturated carbocycles. The average Bonchev–Trinajstić information content (AvgIpc) is 2.66. The van der Waals surface area contributed by atoms with E-state index in [2.05, 4.69) is 10.0 Å². The third kappa shape index (κ3) is 5.76. The topological polar surface area (TPSA) is 105 Å². The molecule has 0 aliphatic carbocycles. The Morgan fingerprint density at radius 3 is 2.18 bits per heavy atom. The van der Waals surface area contributed by atoms with Crippen molar-refractivity contribution >= 4 is 27.6 Å². The van der Waals surface area contributed by atoms with Crippen LogP contribution in [0.15, 0.2) is 29.2 Å². The van der Waals surface area contributed by atoms with E-state index in [1.807, 2.05) is 11.8 Å². The molecule has 1 heterocycles. The number of anilines is 1. The summed E-state index contributed by atoms with van der Waals surface area (Å²) in [5, 5.41) is 2.82. The molecule has 28 heavy (non-hydrogen) atoms. The number of hydrogen-bond acceptors (Lipinski definition) is 6. The van der Waals surface area contributed by atoms with Gasteiger partial charge in [0.1, 0.15) is 0 Å². The minimum Gasteiger partial charge on any atom is -0.469 e. The predicted octanol–water partition coefficient (Wildman–Crippen LogP) is 1.59. The fraction of sp³-hybridized carbons (Fsp3) is 0.579. The van der Waals surface area contributed by atoms with E-state index in [0.717, 1.165) is 0 Å². The van der Waals surface area contributed by atoms with E-state index in [9.17, 15) is 18.0 Å². The SMILES string of the molecule is COC(=O)C1CCN([C@H](C)C(=O)Nc2ccc(S(=O)(=O)NC(C)C)cc2)CC1. The summed E-state index contributed by atoms with van der Waals surface area (Å²) in [5.41, 5.74) is 0.532. The van der Waals surface area contributed by atoms with Crippen LogP contribution in [0.2, 0.25) is 0 Å². The summed E-state index contributed by atoms with van der Waals surface area (Å²) in [6, 6.07) is 5.52. The molecule has 156 valence electrons. The summed E-state index contributed by atoms with van der Waals surface area (Å²) in [5.74, 6) is -0.475. The molecule has 9 heteroatoms. The summed E-state index contributed by atoms with van der Waals surface area (Å²) in [6.45, 7) is 6.61. The summed E-state index contributed by atoms with van der Waals surface area (Å²) < 4.78 is 31.6. The number of rotatable bonds is 7. The van der Waals surface area contributed by atoms with Crippen LogP contribution in [0, 0.1) is 5.92 Å². The van der Waals surface area contributed by atoms with Crippen LogP contribution in [0.25, 0.3) is 0 Å². The monoisotopic (exact) mass is 411 g/mol. The molecule has 1 atom stereocenters. The molecule has 1 saturated heterocycles. The Labute approximate surface area is 166 Å². The van der Waals surface area contributed by atoms with Crippen molar-refractivity contribution < 1.29 is 22.7 Å². The number of benzene rings is 1. The van der Waals surface area contributed by atoms with E-state index in [1.54, 1.807) is 26.0 Å². The first-order valence-corrected chi connectivity index (χ1v) is 10.9. The summed E-state index contributed by atoms with van der Waals surface area (Å²) in [6.07, 6.45) is 1.33. The number of carbonyl (C=O) groups excluding carboxylic acids is 2. The predicted molar refractivity (Wildman–Crippen MR) is 106 cm³/mol. The Hall–Kier alpha value is -1.97. The van der Waals surface area contributed by atoms with E-state index < -0.39 is 10.0 Å². The third-order valence-electron chi connectivity index (χ3n) is 4.81. The molecule has 2 N–H and O–H groups in total. The van der Waals surface area contributed by atoms with Crippen LogP contribution in [-0.2, 0) is 24.3 Å². The molecule has 1 aromatic carbocycles. The first-order valence-electron chi connectivity index (χ1n) is 9.39. The second-order valence-electron chi connectivity index (χ2n) is 7.30. The van der Waals surface area contributed by atoms with Crippen molar-refractivity contribution in [3.8, 4) is 0 Å². The number of ether oxygens (including phenoxy) is 1. The second kappa shape index (κ2) is 9.49. The van der Waals surface area contributed by atoms with Crippen LogP contribution in [0.4, 0.5) is 5.69 Å². The molecular formula is C19H29N3O5S. The molecule has 0 bridgehead atoms. The van der Waals surface area contributed by atoms with Gasteiger partial charge in [-0.05, 0) is 71.0 Å². The number of nitrogens with zero attached hydrogens (tertiary/aromatic N) is 1. The van der Waals surface area contributed by atoms with Gasteiger partial charge >= 0.3 is 5.97 Å². The number of sulfonamides is 1. The number of amides is 1. The average molecular weight is 412 g/mol. The Bertz CT molecular complexity index is 784. The van der Waals surface area contributed by atoms with Crippen LogP contribution in [0.5, 0.6) is 0 Å². The van der Waals surface area contributed by atoms with Crippen molar-refractivity contribution in [1.82, 2.24) is 9.62 Å². The molecule has 0 radical (unpaired) electrons. The van der Waals surface area contributed by atoms with Crippen molar-refractivity contribution in [3.05, 3.63) is 24.3 Å². The highest BCUT2D eigenvalue weighted by atomic mass is 32.2. The third-order valence-corrected chi connectivity index (χ3v) is 6.49. The molecule has 1 aliphatic heterocycles. The Morgan fingerprint density at radius 2 is 1.68 bits per heavy atom. The van der Waals surface area contributed by atoms with Gasteiger partial charge in [-0.1, -0.05) is 0 Å². The standard InChI is InChI=1S/C19H29N3O5S/c1-13(2)21-28(25,26)17-7-5-16(6-8-17)20-18(23)14(3)22-11-9-15(10-12-22)19(24)27-4/h5-8,13-15,21H,9-12H2,1-4H3,(H,20,23)/t14-/m1/s1. The van der Waals surface area contributed by atoms with Crippen molar-refractivity contribution in [2.24, 2.45) is 5.92 Å². The van der Waals surface area contributed by atoms with Gasteiger partial charge in [-0.25, -0.2) is 13.1 Å². The van der Waals surface area contributed by atoms with Crippen LogP contribution >= 0.6 is 0 Å². The molecule has 1 fully saturated rings. The van der Waals surface area contributed by atoms with Crippen LogP contribution in [0.1, 0.15) is 33.6 Å². The van der Waals surface area contributed by atoms with E-state index >= 15 is 0 Å². The van der Waals surface area contributed by atoms with Crippen LogP contribution < -0.4 is 10.0 Å². The van der Waals surface area contributed by atoms with Gasteiger partial charge in [-0.15, -0.1) is 0 Å². The molecule has 0 aromatic heterocycles. The maximum Gasteiger partial charge on any atom is 0.308 e. The number of esters is 1. The van der Waals surface area contributed by atoms with Crippen molar-refractivity contribution in [2.75, 3.05) is 25.5 Å². The lowest BCUT2D eigenvalue weighted by Gasteiger charge is -2.34. The van der Waals surface area contributed by atoms with Crippen molar-refractivity contribution in [3.63, 3.8) is 0 Å². The number of piperidine rings is 1. The Morgan fingerprint density at radius 1 is 1.11 bits per heavy atom. The summed E-state index contributed by atoms with van der Waals surface area (Å²) >= 11 is 0. The zero-order valence-electron chi connectivity index (χ0n) is 16.8. The van der Waals surface area contributed by atoms with Gasteiger partial charge in [0.2, 0.25) is 15.9 Å². The number of likely N-dealkylation sites (tertiary alicyclic amines) is 1. The fourth-order valence-electron chi connectivity index (χ4n) is 3.20. The minimum absolute atomic E-state index is 0.106. The zero-order chi connectivity index (χ0) is 20.9. The first kappa shape index (κ1) is 22.3. The lowest BCUT2D eigenvalue weighted by atomic mass is 9.96. The molecule has 1 amide bonds. The van der Waals surface area contributed by atoms with Gasteiger partial charge in [-0.2, -0.15) is 0 Å². The van der Waals surface area contributed by atoms with Gasteiger partial charge in [-0.3, -0.25) is 14.5 Å². The van der Waals surface area contributed by atoms with E-state index in [1.165, 1.54) is 19.2 Å². The molecular weight excluding hydrogens is 382 g/mol. The number of methoxy groups -OCH3 is 1. The van der Waals surface area contributed by atoms with Gasteiger partial charge < -0.3 is 10.1 Å². The first-order chi connectivity index (χ1) is 13.1. The van der Waals surface area contributed by atoms with E-state index in [-0.39, 0.29) is 34.8 Å². The van der Waals surface area contributed by atoms with E-state index in [0.29, 0.717) is 31.6 Å². The number of nitrogens with one attached hydrogen (secondary N) is 2. The van der Waals surface area contributed by atoms with Crippen molar-refractivity contribution in [1.29, 1.82) is 0 Å². The minimum atomic E-state index is -3.56. The lowest BCUT2D eigenvalue weighted by Crippen LogP contribution is -2.47. The van der Waals surface area contributed by atoms with Gasteiger partial charge in [0, 0.05) is 11.7 Å². The highest BCUT2D eigenvalue weighted by Gasteiger charge is 2.30. The molecule has 1 aromatic rings. The fourth-order valence-corrected chi connectivity index (χ4v) is 4.45. The Balaban J connectivity index is 1.93. The lowest BCUT2D eigenvalue weighted by molar-refractivity contribution is -0.147.